The summed E-state index contributed by atoms with van der Waals surface area (Å²) in [5.74, 6) is 1.34. The third kappa shape index (κ3) is 4.40. The summed E-state index contributed by atoms with van der Waals surface area (Å²) >= 11 is 0. The van der Waals surface area contributed by atoms with Crippen molar-refractivity contribution in [1.29, 1.82) is 0 Å². The van der Waals surface area contributed by atoms with Gasteiger partial charge in [0.1, 0.15) is 5.75 Å². The first-order chi connectivity index (χ1) is 12.2. The number of methoxy groups -OCH3 is 1. The summed E-state index contributed by atoms with van der Waals surface area (Å²) in [7, 11) is 3.81. The zero-order valence-electron chi connectivity index (χ0n) is 15.0. The number of carbonyl (C=O) groups excluding carboxylic acids is 1. The second kappa shape index (κ2) is 8.17. The maximum Gasteiger partial charge on any atom is 0.251 e. The average molecular weight is 338 g/mol. The molecule has 132 valence electrons. The number of rotatable bonds is 5. The van der Waals surface area contributed by atoms with Gasteiger partial charge in [0.05, 0.1) is 7.11 Å². The highest BCUT2D eigenvalue weighted by atomic mass is 16.5. The number of hydrogen-bond acceptors (Lipinski definition) is 3. The summed E-state index contributed by atoms with van der Waals surface area (Å²) in [6.45, 7) is 2.95. The number of para-hydroxylation sites is 1. The average Bonchev–Trinajstić information content (AvgIpc) is 2.66. The van der Waals surface area contributed by atoms with E-state index in [4.69, 9.17) is 4.74 Å². The maximum atomic E-state index is 12.6. The molecule has 0 unspecified atom stereocenters. The molecule has 1 amide bonds. The highest BCUT2D eigenvalue weighted by Gasteiger charge is 2.18. The molecular formula is C21H26N2O2. The van der Waals surface area contributed by atoms with Gasteiger partial charge in [0.25, 0.3) is 5.91 Å². The topological polar surface area (TPSA) is 41.6 Å². The Morgan fingerprint density at radius 3 is 2.88 bits per heavy atom. The van der Waals surface area contributed by atoms with E-state index in [0.29, 0.717) is 11.5 Å². The molecule has 0 aliphatic carbocycles. The standard InChI is InChI=1S/C21H26N2O2/c1-23-12-6-7-16(15-23)14-22-21(24)18-9-5-8-17(13-18)19-10-3-4-11-20(19)25-2/h3-5,8-11,13,16H,6-7,12,14-15H2,1-2H3,(H,22,24)/t16-/m0/s1. The van der Waals surface area contributed by atoms with Crippen LogP contribution in [-0.4, -0.2) is 44.6 Å². The number of carbonyl (C=O) groups is 1. The zero-order chi connectivity index (χ0) is 17.6. The van der Waals surface area contributed by atoms with Crippen molar-refractivity contribution in [3.8, 4) is 16.9 Å². The Labute approximate surface area is 149 Å². The molecule has 0 bridgehead atoms. The normalized spacial score (nSPS) is 17.9. The van der Waals surface area contributed by atoms with Crippen LogP contribution in [0.3, 0.4) is 0 Å². The van der Waals surface area contributed by atoms with E-state index in [1.54, 1.807) is 7.11 Å². The SMILES string of the molecule is COc1ccccc1-c1cccc(C(=O)NC[C@@H]2CCCN(C)C2)c1. The Kier molecular flexibility index (Phi) is 5.71. The molecule has 1 N–H and O–H groups in total. The number of amides is 1. The molecule has 0 saturated carbocycles. The fourth-order valence-electron chi connectivity index (χ4n) is 3.49. The molecule has 0 aromatic heterocycles. The minimum Gasteiger partial charge on any atom is -0.496 e. The van der Waals surface area contributed by atoms with Gasteiger partial charge in [0, 0.05) is 24.2 Å². The molecule has 1 aliphatic heterocycles. The van der Waals surface area contributed by atoms with Gasteiger partial charge in [-0.3, -0.25) is 4.79 Å². The number of nitrogens with one attached hydrogen (secondary N) is 1. The second-order valence-corrected chi connectivity index (χ2v) is 6.76. The van der Waals surface area contributed by atoms with E-state index >= 15 is 0 Å². The summed E-state index contributed by atoms with van der Waals surface area (Å²) in [6.07, 6.45) is 2.40. The van der Waals surface area contributed by atoms with Crippen molar-refractivity contribution in [2.24, 2.45) is 5.92 Å². The lowest BCUT2D eigenvalue weighted by Crippen LogP contribution is -2.39. The molecule has 2 aromatic carbocycles. The molecule has 4 nitrogen and oxygen atoms in total. The fourth-order valence-corrected chi connectivity index (χ4v) is 3.49. The summed E-state index contributed by atoms with van der Waals surface area (Å²) in [4.78, 5) is 14.9. The summed E-state index contributed by atoms with van der Waals surface area (Å²) < 4.78 is 5.43. The Balaban J connectivity index is 1.69. The lowest BCUT2D eigenvalue weighted by atomic mass is 9.98. The van der Waals surface area contributed by atoms with Crippen LogP contribution in [0, 0.1) is 5.92 Å². The highest BCUT2D eigenvalue weighted by Crippen LogP contribution is 2.29. The molecule has 1 aliphatic rings. The minimum absolute atomic E-state index is 0.00928. The van der Waals surface area contributed by atoms with Crippen LogP contribution < -0.4 is 10.1 Å². The third-order valence-electron chi connectivity index (χ3n) is 4.82. The Morgan fingerprint density at radius 1 is 1.24 bits per heavy atom. The minimum atomic E-state index is -0.00928. The highest BCUT2D eigenvalue weighted by molar-refractivity contribution is 5.95. The summed E-state index contributed by atoms with van der Waals surface area (Å²) in [5.41, 5.74) is 2.67. The van der Waals surface area contributed by atoms with Crippen molar-refractivity contribution in [2.75, 3.05) is 33.8 Å². The van der Waals surface area contributed by atoms with E-state index in [1.807, 2.05) is 48.5 Å². The number of benzene rings is 2. The Morgan fingerprint density at radius 2 is 2.08 bits per heavy atom. The van der Waals surface area contributed by atoms with Gasteiger partial charge in [-0.1, -0.05) is 30.3 Å². The quantitative estimate of drug-likeness (QED) is 0.908. The van der Waals surface area contributed by atoms with Crippen LogP contribution in [0.1, 0.15) is 23.2 Å². The first-order valence-electron chi connectivity index (χ1n) is 8.87. The van der Waals surface area contributed by atoms with Gasteiger partial charge in [-0.25, -0.2) is 0 Å². The van der Waals surface area contributed by atoms with E-state index in [0.717, 1.165) is 36.5 Å². The third-order valence-corrected chi connectivity index (χ3v) is 4.82. The van der Waals surface area contributed by atoms with E-state index in [2.05, 4.69) is 17.3 Å². The van der Waals surface area contributed by atoms with Crippen molar-refractivity contribution >= 4 is 5.91 Å². The maximum absolute atomic E-state index is 12.6. The Hall–Kier alpha value is -2.33. The molecule has 0 spiro atoms. The number of piperidine rings is 1. The van der Waals surface area contributed by atoms with E-state index in [1.165, 1.54) is 12.8 Å². The molecule has 1 heterocycles. The van der Waals surface area contributed by atoms with Crippen molar-refractivity contribution in [2.45, 2.75) is 12.8 Å². The molecule has 2 aromatic rings. The predicted molar refractivity (Wildman–Crippen MR) is 101 cm³/mol. The largest absolute Gasteiger partial charge is 0.496 e. The first-order valence-corrected chi connectivity index (χ1v) is 8.87. The van der Waals surface area contributed by atoms with E-state index in [-0.39, 0.29) is 5.91 Å². The van der Waals surface area contributed by atoms with Crippen LogP contribution in [0.15, 0.2) is 48.5 Å². The smallest absolute Gasteiger partial charge is 0.251 e. The second-order valence-electron chi connectivity index (χ2n) is 6.76. The van der Waals surface area contributed by atoms with Crippen LogP contribution in [-0.2, 0) is 0 Å². The lowest BCUT2D eigenvalue weighted by Gasteiger charge is -2.29. The monoisotopic (exact) mass is 338 g/mol. The molecule has 4 heteroatoms. The first kappa shape index (κ1) is 17.5. The van der Waals surface area contributed by atoms with Gasteiger partial charge in [0.15, 0.2) is 0 Å². The summed E-state index contributed by atoms with van der Waals surface area (Å²) in [6, 6.07) is 15.6. The van der Waals surface area contributed by atoms with Gasteiger partial charge >= 0.3 is 0 Å². The van der Waals surface area contributed by atoms with Crippen LogP contribution in [0.4, 0.5) is 0 Å². The van der Waals surface area contributed by atoms with E-state index < -0.39 is 0 Å². The molecule has 25 heavy (non-hydrogen) atoms. The van der Waals surface area contributed by atoms with Crippen LogP contribution in [0.2, 0.25) is 0 Å². The van der Waals surface area contributed by atoms with Gasteiger partial charge in [-0.2, -0.15) is 0 Å². The molecule has 1 atom stereocenters. The van der Waals surface area contributed by atoms with Gasteiger partial charge in [-0.15, -0.1) is 0 Å². The van der Waals surface area contributed by atoms with Crippen molar-refractivity contribution in [3.05, 3.63) is 54.1 Å². The zero-order valence-corrected chi connectivity index (χ0v) is 15.0. The van der Waals surface area contributed by atoms with Crippen LogP contribution >= 0.6 is 0 Å². The van der Waals surface area contributed by atoms with Crippen molar-refractivity contribution < 1.29 is 9.53 Å². The van der Waals surface area contributed by atoms with Crippen LogP contribution in [0.25, 0.3) is 11.1 Å². The molecule has 1 saturated heterocycles. The number of likely N-dealkylation sites (tertiary alicyclic amines) is 1. The van der Waals surface area contributed by atoms with E-state index in [9.17, 15) is 4.79 Å². The van der Waals surface area contributed by atoms with Crippen LogP contribution in [0.5, 0.6) is 5.75 Å². The molecule has 0 radical (unpaired) electrons. The lowest BCUT2D eigenvalue weighted by molar-refractivity contribution is 0.0937. The number of ether oxygens (including phenoxy) is 1. The predicted octanol–water partition coefficient (Wildman–Crippen LogP) is 3.43. The Bertz CT molecular complexity index is 729. The fraction of sp³-hybridized carbons (Fsp3) is 0.381. The van der Waals surface area contributed by atoms with Crippen molar-refractivity contribution in [1.82, 2.24) is 10.2 Å². The molecule has 3 rings (SSSR count). The van der Waals surface area contributed by atoms with Gasteiger partial charge < -0.3 is 15.0 Å². The summed E-state index contributed by atoms with van der Waals surface area (Å²) in [5, 5.41) is 3.10. The number of hydrogen-bond donors (Lipinski definition) is 1. The number of nitrogens with zero attached hydrogens (tertiary/aromatic N) is 1. The van der Waals surface area contributed by atoms with Gasteiger partial charge in [0.2, 0.25) is 0 Å². The molecular weight excluding hydrogens is 312 g/mol. The van der Waals surface area contributed by atoms with Gasteiger partial charge in [-0.05, 0) is 56.1 Å². The molecule has 1 fully saturated rings. The van der Waals surface area contributed by atoms with Crippen molar-refractivity contribution in [3.63, 3.8) is 0 Å².